The molecule has 38 heavy (non-hydrogen) atoms. The number of thioether (sulfide) groups is 1. The van der Waals surface area contributed by atoms with Gasteiger partial charge in [0.1, 0.15) is 0 Å². The summed E-state index contributed by atoms with van der Waals surface area (Å²) in [5.41, 5.74) is 2.73. The number of carbonyl (C=O) groups excluding carboxylic acids is 1. The van der Waals surface area contributed by atoms with Crippen LogP contribution in [0.15, 0.2) is 112 Å². The third kappa shape index (κ3) is 4.69. The highest BCUT2D eigenvalue weighted by molar-refractivity contribution is 8.00. The topological polar surface area (TPSA) is 94.0 Å². The Bertz CT molecular complexity index is 1900. The molecule has 0 saturated heterocycles. The Morgan fingerprint density at radius 1 is 0.868 bits per heavy atom. The van der Waals surface area contributed by atoms with E-state index in [1.54, 1.807) is 42.5 Å². The zero-order chi connectivity index (χ0) is 26.1. The molecule has 6 rings (SSSR count). The number of carbonyl (C=O) groups is 1. The number of fused-ring (bicyclic) bond motifs is 2. The first-order chi connectivity index (χ1) is 18.5. The van der Waals surface area contributed by atoms with E-state index in [-0.39, 0.29) is 21.7 Å². The molecule has 0 aliphatic rings. The van der Waals surface area contributed by atoms with Gasteiger partial charge in [-0.2, -0.15) is 0 Å². The van der Waals surface area contributed by atoms with Gasteiger partial charge in [-0.15, -0.1) is 11.3 Å². The first-order valence-electron chi connectivity index (χ1n) is 11.6. The van der Waals surface area contributed by atoms with E-state index in [0.717, 1.165) is 33.8 Å². The van der Waals surface area contributed by atoms with E-state index in [2.05, 4.69) is 15.3 Å². The van der Waals surface area contributed by atoms with E-state index in [1.165, 1.54) is 15.3 Å². The van der Waals surface area contributed by atoms with Crippen LogP contribution in [-0.2, 0) is 14.8 Å². The average molecular weight is 557 g/mol. The van der Waals surface area contributed by atoms with Crippen molar-refractivity contribution in [3.63, 3.8) is 0 Å². The van der Waals surface area contributed by atoms with Crippen molar-refractivity contribution in [2.75, 3.05) is 11.1 Å². The number of aromatic nitrogens is 3. The lowest BCUT2D eigenvalue weighted by Crippen LogP contribution is -2.17. The number of imidazole rings is 1. The number of amides is 1. The van der Waals surface area contributed by atoms with Crippen LogP contribution in [0.2, 0.25) is 0 Å². The van der Waals surface area contributed by atoms with Gasteiger partial charge in [0.05, 0.1) is 27.4 Å². The predicted molar refractivity (Wildman–Crippen MR) is 153 cm³/mol. The van der Waals surface area contributed by atoms with E-state index in [9.17, 15) is 13.2 Å². The Labute approximate surface area is 227 Å². The minimum atomic E-state index is -3.99. The molecular weight excluding hydrogens is 537 g/mol. The summed E-state index contributed by atoms with van der Waals surface area (Å²) in [5.74, 6) is -0.331. The Morgan fingerprint density at radius 2 is 1.61 bits per heavy atom. The third-order valence-electron chi connectivity index (χ3n) is 5.90. The fraction of sp³-hybridized carbons (Fsp3) is 0.0357. The molecule has 6 aromatic rings. The van der Waals surface area contributed by atoms with Gasteiger partial charge in [-0.1, -0.05) is 84.6 Å². The molecule has 0 fully saturated rings. The molecule has 0 spiro atoms. The van der Waals surface area contributed by atoms with Crippen molar-refractivity contribution in [3.8, 4) is 11.3 Å². The summed E-state index contributed by atoms with van der Waals surface area (Å²) in [7, 11) is -3.99. The zero-order valence-corrected chi connectivity index (χ0v) is 22.3. The lowest BCUT2D eigenvalue weighted by atomic mass is 10.1. The highest BCUT2D eigenvalue weighted by atomic mass is 32.2. The molecule has 0 aliphatic heterocycles. The van der Waals surface area contributed by atoms with Crippen LogP contribution >= 0.6 is 23.1 Å². The maximum absolute atomic E-state index is 13.8. The van der Waals surface area contributed by atoms with E-state index >= 15 is 0 Å². The SMILES string of the molecule is O=C(CSc1nc2ccccc2n1S(=O)(=O)c1ccc2ccccc2c1)Nc1nc(-c2ccccc2)cs1. The molecule has 0 saturated carbocycles. The second kappa shape index (κ2) is 10.1. The van der Waals surface area contributed by atoms with Crippen LogP contribution in [0.4, 0.5) is 5.13 Å². The fourth-order valence-electron chi connectivity index (χ4n) is 4.10. The van der Waals surface area contributed by atoms with Crippen molar-refractivity contribution in [2.24, 2.45) is 0 Å². The van der Waals surface area contributed by atoms with Crippen molar-refractivity contribution in [1.82, 2.24) is 13.9 Å². The quantitative estimate of drug-likeness (QED) is 0.233. The highest BCUT2D eigenvalue weighted by Gasteiger charge is 2.25. The number of thiazole rings is 1. The monoisotopic (exact) mass is 556 g/mol. The first-order valence-corrected chi connectivity index (χ1v) is 14.9. The Hall–Kier alpha value is -3.99. The molecule has 0 bridgehead atoms. The number of nitrogens with zero attached hydrogens (tertiary/aromatic N) is 3. The van der Waals surface area contributed by atoms with Gasteiger partial charge in [-0.3, -0.25) is 4.79 Å². The van der Waals surface area contributed by atoms with Crippen molar-refractivity contribution < 1.29 is 13.2 Å². The van der Waals surface area contributed by atoms with Gasteiger partial charge in [-0.05, 0) is 35.0 Å². The van der Waals surface area contributed by atoms with Crippen molar-refractivity contribution in [2.45, 2.75) is 10.1 Å². The number of nitrogens with one attached hydrogen (secondary N) is 1. The minimum absolute atomic E-state index is 0.0309. The largest absolute Gasteiger partial charge is 0.301 e. The highest BCUT2D eigenvalue weighted by Crippen LogP contribution is 2.31. The van der Waals surface area contributed by atoms with E-state index < -0.39 is 10.0 Å². The van der Waals surface area contributed by atoms with Crippen LogP contribution in [0.25, 0.3) is 33.1 Å². The van der Waals surface area contributed by atoms with E-state index in [1.807, 2.05) is 60.0 Å². The molecule has 0 atom stereocenters. The summed E-state index contributed by atoms with van der Waals surface area (Å²) in [6, 6.07) is 29.4. The second-order valence-electron chi connectivity index (χ2n) is 8.40. The zero-order valence-electron chi connectivity index (χ0n) is 19.8. The molecule has 2 aromatic heterocycles. The summed E-state index contributed by atoms with van der Waals surface area (Å²) in [4.78, 5) is 22.0. The van der Waals surface area contributed by atoms with E-state index in [4.69, 9.17) is 0 Å². The van der Waals surface area contributed by atoms with Gasteiger partial charge in [0, 0.05) is 10.9 Å². The van der Waals surface area contributed by atoms with Gasteiger partial charge >= 0.3 is 0 Å². The summed E-state index contributed by atoms with van der Waals surface area (Å²) in [6.45, 7) is 0. The first kappa shape index (κ1) is 24.4. The van der Waals surface area contributed by atoms with Crippen LogP contribution in [0.1, 0.15) is 0 Å². The number of anilines is 1. The molecule has 4 aromatic carbocycles. The standard InChI is InChI=1S/C28H20N4O3S3/c33-26(31-27-29-24(17-36-27)20-9-2-1-3-10-20)18-37-28-30-23-12-6-7-13-25(23)32(28)38(34,35)22-15-14-19-8-4-5-11-21(19)16-22/h1-17H,18H2,(H,29,31,33). The Kier molecular flexibility index (Phi) is 6.44. The minimum Gasteiger partial charge on any atom is -0.301 e. The molecule has 0 unspecified atom stereocenters. The third-order valence-corrected chi connectivity index (χ3v) is 9.41. The van der Waals surface area contributed by atoms with Crippen molar-refractivity contribution >= 4 is 66.0 Å². The molecular formula is C28H20N4O3S3. The molecule has 0 radical (unpaired) electrons. The van der Waals surface area contributed by atoms with Gasteiger partial charge in [0.25, 0.3) is 10.0 Å². The summed E-state index contributed by atoms with van der Waals surface area (Å²) in [6.07, 6.45) is 0. The lowest BCUT2D eigenvalue weighted by Gasteiger charge is -2.11. The fourth-order valence-corrected chi connectivity index (χ4v) is 7.38. The molecule has 10 heteroatoms. The number of hydrogen-bond acceptors (Lipinski definition) is 7. The summed E-state index contributed by atoms with van der Waals surface area (Å²) < 4.78 is 28.9. The Balaban J connectivity index is 1.27. The van der Waals surface area contributed by atoms with Gasteiger partial charge in [-0.25, -0.2) is 22.4 Å². The van der Waals surface area contributed by atoms with Crippen LogP contribution in [0.5, 0.6) is 0 Å². The lowest BCUT2D eigenvalue weighted by molar-refractivity contribution is -0.113. The number of benzene rings is 4. The number of para-hydroxylation sites is 2. The average Bonchev–Trinajstić information content (AvgIpc) is 3.57. The van der Waals surface area contributed by atoms with Crippen molar-refractivity contribution in [1.29, 1.82) is 0 Å². The van der Waals surface area contributed by atoms with Gasteiger partial charge in [0.15, 0.2) is 10.3 Å². The maximum atomic E-state index is 13.8. The maximum Gasteiger partial charge on any atom is 0.270 e. The van der Waals surface area contributed by atoms with Crippen LogP contribution in [0, 0.1) is 0 Å². The number of hydrogen-bond donors (Lipinski definition) is 1. The normalized spacial score (nSPS) is 11.7. The summed E-state index contributed by atoms with van der Waals surface area (Å²) >= 11 is 2.40. The smallest absolute Gasteiger partial charge is 0.270 e. The summed E-state index contributed by atoms with van der Waals surface area (Å²) in [5, 5.41) is 7.16. The molecule has 1 amide bonds. The van der Waals surface area contributed by atoms with Gasteiger partial charge < -0.3 is 5.32 Å². The second-order valence-corrected chi connectivity index (χ2v) is 12.0. The molecule has 2 heterocycles. The van der Waals surface area contributed by atoms with Crippen LogP contribution in [0.3, 0.4) is 0 Å². The number of rotatable bonds is 7. The predicted octanol–water partition coefficient (Wildman–Crippen LogP) is 6.28. The van der Waals surface area contributed by atoms with E-state index in [0.29, 0.717) is 16.2 Å². The van der Waals surface area contributed by atoms with Crippen LogP contribution < -0.4 is 5.32 Å². The molecule has 1 N–H and O–H groups in total. The van der Waals surface area contributed by atoms with Gasteiger partial charge in [0.2, 0.25) is 5.91 Å². The van der Waals surface area contributed by atoms with Crippen LogP contribution in [-0.4, -0.2) is 34.0 Å². The Morgan fingerprint density at radius 3 is 2.45 bits per heavy atom. The molecule has 188 valence electrons. The van der Waals surface area contributed by atoms with Crippen molar-refractivity contribution in [3.05, 3.63) is 102 Å². The molecule has 7 nitrogen and oxygen atoms in total. The molecule has 0 aliphatic carbocycles.